The average Bonchev–Trinajstić information content (AvgIpc) is 3.54. The van der Waals surface area contributed by atoms with Crippen LogP contribution in [0.5, 0.6) is 0 Å². The number of aromatic nitrogens is 2. The summed E-state index contributed by atoms with van der Waals surface area (Å²) in [5, 5.41) is 7.37. The van der Waals surface area contributed by atoms with Crippen molar-refractivity contribution in [3.8, 4) is 32.8 Å². The van der Waals surface area contributed by atoms with Crippen molar-refractivity contribution in [3.05, 3.63) is 69.6 Å². The molecule has 2 aliphatic rings. The third kappa shape index (κ3) is 3.59. The number of hydrogen-bond donors (Lipinski definition) is 0. The molecule has 0 unspecified atom stereocenters. The molecule has 4 aromatic rings. The number of nitrogens with zero attached hydrogens (tertiary/aromatic N) is 3. The number of rotatable bonds is 3. The number of morpholine rings is 1. The van der Waals surface area contributed by atoms with Crippen molar-refractivity contribution < 1.29 is 9.26 Å². The maximum Gasteiger partial charge on any atom is 0.141 e. The normalized spacial score (nSPS) is 14.9. The van der Waals surface area contributed by atoms with Crippen molar-refractivity contribution in [2.75, 3.05) is 26.3 Å². The van der Waals surface area contributed by atoms with Crippen molar-refractivity contribution >= 4 is 28.5 Å². The van der Waals surface area contributed by atoms with Crippen LogP contribution in [0.3, 0.4) is 0 Å². The van der Waals surface area contributed by atoms with E-state index in [-0.39, 0.29) is 0 Å². The number of fused-ring (bicyclic) bond motifs is 3. The van der Waals surface area contributed by atoms with Gasteiger partial charge in [0.15, 0.2) is 0 Å². The van der Waals surface area contributed by atoms with Gasteiger partial charge in [0.1, 0.15) is 15.8 Å². The van der Waals surface area contributed by atoms with Crippen LogP contribution in [-0.2, 0) is 11.2 Å². The van der Waals surface area contributed by atoms with E-state index >= 15 is 0 Å². The first-order valence-corrected chi connectivity index (χ1v) is 12.8. The van der Waals surface area contributed by atoms with E-state index in [1.54, 1.807) is 11.3 Å². The number of aryl methyl sites for hydroxylation is 3. The minimum absolute atomic E-state index is 0.734. The fourth-order valence-electron chi connectivity index (χ4n) is 5.09. The van der Waals surface area contributed by atoms with Gasteiger partial charge in [-0.2, -0.15) is 0 Å². The van der Waals surface area contributed by atoms with E-state index in [4.69, 9.17) is 26.5 Å². The van der Waals surface area contributed by atoms with Crippen LogP contribution in [0, 0.1) is 20.8 Å². The second kappa shape index (κ2) is 8.41. The molecule has 0 radical (unpaired) electrons. The third-order valence-electron chi connectivity index (χ3n) is 6.73. The predicted octanol–water partition coefficient (Wildman–Crippen LogP) is 5.97. The molecule has 1 aliphatic carbocycles. The van der Waals surface area contributed by atoms with Crippen molar-refractivity contribution in [1.29, 1.82) is 0 Å². The molecular formula is C27H25N3O2S2. The Bertz CT molecular complexity index is 1410. The van der Waals surface area contributed by atoms with Gasteiger partial charge in [0.25, 0.3) is 0 Å². The summed E-state index contributed by atoms with van der Waals surface area (Å²) in [6.07, 6.45) is 0.875. The lowest BCUT2D eigenvalue weighted by Crippen LogP contribution is -2.40. The number of thiocarbonyl (C=S) groups is 1. The molecule has 6 rings (SSSR count). The molecule has 2 aromatic carbocycles. The zero-order chi connectivity index (χ0) is 23.4. The molecule has 0 N–H and O–H groups in total. The van der Waals surface area contributed by atoms with Crippen LogP contribution in [0.25, 0.3) is 32.8 Å². The average molecular weight is 488 g/mol. The molecule has 7 heteroatoms. The van der Waals surface area contributed by atoms with Gasteiger partial charge in [-0.1, -0.05) is 29.5 Å². The molecule has 1 saturated heterocycles. The van der Waals surface area contributed by atoms with E-state index in [1.807, 2.05) is 20.8 Å². The molecule has 2 aromatic heterocycles. The monoisotopic (exact) mass is 487 g/mol. The van der Waals surface area contributed by atoms with Gasteiger partial charge in [-0.15, -0.1) is 11.3 Å². The highest BCUT2D eigenvalue weighted by Gasteiger charge is 2.27. The molecule has 1 fully saturated rings. The first-order chi connectivity index (χ1) is 16.5. The summed E-state index contributed by atoms with van der Waals surface area (Å²) in [5.41, 5.74) is 11.6. The zero-order valence-electron chi connectivity index (χ0n) is 19.5. The lowest BCUT2D eigenvalue weighted by atomic mass is 9.93. The Labute approximate surface area is 208 Å². The highest BCUT2D eigenvalue weighted by molar-refractivity contribution is 7.80. The van der Waals surface area contributed by atoms with Gasteiger partial charge in [0.05, 0.1) is 18.9 Å². The van der Waals surface area contributed by atoms with Crippen LogP contribution in [0.2, 0.25) is 0 Å². The van der Waals surface area contributed by atoms with Gasteiger partial charge in [-0.3, -0.25) is 0 Å². The standard InChI is InChI=1S/C27H25N3O2S2/c1-15-14-34-26(28-15)24-13-20(25-16(2)29-32-17(25)3)12-22-21-5-4-18(10-19(21)11-23(22)24)27(33)30-6-8-31-9-7-30/h4-5,10,12-14H,6-9,11H2,1-3H3. The Kier molecular flexibility index (Phi) is 5.36. The molecule has 172 valence electrons. The lowest BCUT2D eigenvalue weighted by Gasteiger charge is -2.29. The number of thiazole rings is 1. The van der Waals surface area contributed by atoms with Crippen molar-refractivity contribution in [3.63, 3.8) is 0 Å². The molecular weight excluding hydrogens is 462 g/mol. The van der Waals surface area contributed by atoms with Gasteiger partial charge >= 0.3 is 0 Å². The SMILES string of the molecule is Cc1csc(-c2cc(-c3c(C)noc3C)cc3c2Cc2cc(C(=S)N4CCOCC4)ccc2-3)n1. The van der Waals surface area contributed by atoms with E-state index in [1.165, 1.54) is 27.8 Å². The van der Waals surface area contributed by atoms with Gasteiger partial charge in [0, 0.05) is 40.9 Å². The Hall–Kier alpha value is -2.87. The molecule has 1 aliphatic heterocycles. The maximum absolute atomic E-state index is 5.85. The van der Waals surface area contributed by atoms with Crippen molar-refractivity contribution in [2.24, 2.45) is 0 Å². The molecule has 0 saturated carbocycles. The Morgan fingerprint density at radius 1 is 1.03 bits per heavy atom. The molecule has 0 amide bonds. The van der Waals surface area contributed by atoms with Crippen LogP contribution >= 0.6 is 23.6 Å². The van der Waals surface area contributed by atoms with Crippen LogP contribution in [0.15, 0.2) is 40.2 Å². The Morgan fingerprint density at radius 3 is 2.53 bits per heavy atom. The number of hydrogen-bond acceptors (Lipinski definition) is 6. The van der Waals surface area contributed by atoms with Crippen LogP contribution in [0.1, 0.15) is 33.8 Å². The third-order valence-corrected chi connectivity index (χ3v) is 8.22. The predicted molar refractivity (Wildman–Crippen MR) is 140 cm³/mol. The summed E-state index contributed by atoms with van der Waals surface area (Å²) >= 11 is 7.55. The second-order valence-corrected chi connectivity index (χ2v) is 10.2. The topological polar surface area (TPSA) is 51.4 Å². The quantitative estimate of drug-likeness (QED) is 0.292. The second-order valence-electron chi connectivity index (χ2n) is 9.00. The highest BCUT2D eigenvalue weighted by atomic mass is 32.1. The Morgan fingerprint density at radius 2 is 1.82 bits per heavy atom. The number of benzene rings is 2. The summed E-state index contributed by atoms with van der Waals surface area (Å²) in [6, 6.07) is 11.2. The largest absolute Gasteiger partial charge is 0.378 e. The van der Waals surface area contributed by atoms with Crippen LogP contribution in [0.4, 0.5) is 0 Å². The number of ether oxygens (including phenoxy) is 1. The first kappa shape index (κ1) is 21.6. The van der Waals surface area contributed by atoms with E-state index in [2.05, 4.69) is 45.8 Å². The molecule has 5 nitrogen and oxygen atoms in total. The van der Waals surface area contributed by atoms with Gasteiger partial charge in [-0.05, 0) is 73.2 Å². The van der Waals surface area contributed by atoms with E-state index in [9.17, 15) is 0 Å². The Balaban J connectivity index is 1.47. The summed E-state index contributed by atoms with van der Waals surface area (Å²) in [7, 11) is 0. The van der Waals surface area contributed by atoms with E-state index in [0.29, 0.717) is 0 Å². The molecule has 0 bridgehead atoms. The first-order valence-electron chi connectivity index (χ1n) is 11.5. The fraction of sp³-hybridized carbons (Fsp3) is 0.296. The summed E-state index contributed by atoms with van der Waals surface area (Å²) in [5.74, 6) is 0.836. The molecule has 3 heterocycles. The minimum Gasteiger partial charge on any atom is -0.378 e. The summed E-state index contributed by atoms with van der Waals surface area (Å²) in [6.45, 7) is 9.19. The lowest BCUT2D eigenvalue weighted by molar-refractivity contribution is 0.0693. The summed E-state index contributed by atoms with van der Waals surface area (Å²) in [4.78, 5) is 8.00. The zero-order valence-corrected chi connectivity index (χ0v) is 21.1. The van der Waals surface area contributed by atoms with Crippen molar-refractivity contribution in [1.82, 2.24) is 15.0 Å². The van der Waals surface area contributed by atoms with Crippen LogP contribution < -0.4 is 0 Å². The maximum atomic E-state index is 5.85. The molecule has 0 atom stereocenters. The van der Waals surface area contributed by atoms with Crippen molar-refractivity contribution in [2.45, 2.75) is 27.2 Å². The van der Waals surface area contributed by atoms with E-state index in [0.717, 1.165) is 76.6 Å². The minimum atomic E-state index is 0.734. The fourth-order valence-corrected chi connectivity index (χ4v) is 6.24. The highest BCUT2D eigenvalue weighted by Crippen LogP contribution is 2.46. The smallest absolute Gasteiger partial charge is 0.141 e. The molecule has 34 heavy (non-hydrogen) atoms. The van der Waals surface area contributed by atoms with E-state index < -0.39 is 0 Å². The molecule has 0 spiro atoms. The summed E-state index contributed by atoms with van der Waals surface area (Å²) < 4.78 is 11.0. The van der Waals surface area contributed by atoms with Gasteiger partial charge in [0.2, 0.25) is 0 Å². The van der Waals surface area contributed by atoms with Crippen LogP contribution in [-0.4, -0.2) is 46.3 Å². The van der Waals surface area contributed by atoms with Gasteiger partial charge < -0.3 is 14.2 Å². The van der Waals surface area contributed by atoms with Gasteiger partial charge in [-0.25, -0.2) is 4.98 Å².